The molecule has 0 amide bonds. The van der Waals surface area contributed by atoms with Gasteiger partial charge in [0.15, 0.2) is 0 Å². The fourth-order valence-electron chi connectivity index (χ4n) is 3.19. The smallest absolute Gasteiger partial charge is 0.349 e. The van der Waals surface area contributed by atoms with Crippen LogP contribution in [0.2, 0.25) is 0 Å². The molecule has 0 aliphatic heterocycles. The molecule has 156 valence electrons. The second-order valence-electron chi connectivity index (χ2n) is 6.36. The van der Waals surface area contributed by atoms with Crippen LogP contribution in [0.5, 0.6) is 0 Å². The van der Waals surface area contributed by atoms with Crippen molar-refractivity contribution >= 4 is 57.2 Å². The first-order valence-corrected chi connectivity index (χ1v) is 11.8. The number of nitrogens with zero attached hydrogens (tertiary/aromatic N) is 3. The highest BCUT2D eigenvalue weighted by Crippen LogP contribution is 2.39. The van der Waals surface area contributed by atoms with Crippen molar-refractivity contribution in [2.75, 3.05) is 25.1 Å². The van der Waals surface area contributed by atoms with Crippen LogP contribution in [-0.2, 0) is 16.2 Å². The van der Waals surface area contributed by atoms with Gasteiger partial charge in [-0.2, -0.15) is 0 Å². The lowest BCUT2D eigenvalue weighted by Crippen LogP contribution is -2.09. The van der Waals surface area contributed by atoms with Crippen molar-refractivity contribution in [2.24, 2.45) is 0 Å². The van der Waals surface area contributed by atoms with E-state index in [1.165, 1.54) is 15.5 Å². The molecule has 0 N–H and O–H groups in total. The van der Waals surface area contributed by atoms with Crippen LogP contribution >= 0.6 is 34.6 Å². The first kappa shape index (κ1) is 20.9. The van der Waals surface area contributed by atoms with E-state index in [4.69, 9.17) is 9.47 Å². The summed E-state index contributed by atoms with van der Waals surface area (Å²) in [6.45, 7) is 2.51. The Hall–Kier alpha value is -2.33. The van der Waals surface area contributed by atoms with Gasteiger partial charge in [0.25, 0.3) is 0 Å². The molecule has 4 rings (SSSR count). The van der Waals surface area contributed by atoms with E-state index in [2.05, 4.69) is 62.7 Å². The van der Waals surface area contributed by atoms with Gasteiger partial charge in [0, 0.05) is 19.5 Å². The van der Waals surface area contributed by atoms with Crippen molar-refractivity contribution in [3.05, 3.63) is 52.9 Å². The zero-order chi connectivity index (χ0) is 21.1. The summed E-state index contributed by atoms with van der Waals surface area (Å²) in [5, 5.41) is 3.92. The lowest BCUT2D eigenvalue weighted by molar-refractivity contribution is 0.0532. The second kappa shape index (κ2) is 9.22. The van der Waals surface area contributed by atoms with Crippen LogP contribution in [0.1, 0.15) is 16.6 Å². The number of aromatic nitrogens is 2. The number of para-hydroxylation sites is 1. The number of thiophene rings is 1. The highest BCUT2D eigenvalue weighted by atomic mass is 32.2. The van der Waals surface area contributed by atoms with Gasteiger partial charge in [0.2, 0.25) is 0 Å². The Labute approximate surface area is 187 Å². The van der Waals surface area contributed by atoms with Crippen molar-refractivity contribution in [1.29, 1.82) is 0 Å². The molecule has 1 aromatic carbocycles. The number of thiazole rings is 1. The number of benzene rings is 1. The number of fused-ring (bicyclic) bond motifs is 1. The van der Waals surface area contributed by atoms with E-state index in [9.17, 15) is 4.79 Å². The van der Waals surface area contributed by atoms with Crippen LogP contribution < -0.4 is 4.31 Å². The molecule has 6 nitrogen and oxygen atoms in total. The van der Waals surface area contributed by atoms with Gasteiger partial charge in [0.05, 0.1) is 33.9 Å². The standard InChI is InChI=1S/C21H21N3O3S3/c1-4-27-21(25)17-12-22-20(29-17)16-11-14-7-5-8-15(19(14)24(16)13-26-3)23(2)30-18-9-6-10-28-18/h5-12H,4,13H2,1-3H3. The lowest BCUT2D eigenvalue weighted by Gasteiger charge is -2.20. The first-order valence-electron chi connectivity index (χ1n) is 9.32. The number of ether oxygens (including phenoxy) is 2. The number of esters is 1. The number of rotatable bonds is 8. The summed E-state index contributed by atoms with van der Waals surface area (Å²) in [5.41, 5.74) is 3.06. The number of hydrogen-bond donors (Lipinski definition) is 0. The minimum Gasteiger partial charge on any atom is -0.462 e. The van der Waals surface area contributed by atoms with Crippen LogP contribution in [0.4, 0.5) is 5.69 Å². The third-order valence-corrected chi connectivity index (χ3v) is 7.38. The van der Waals surface area contributed by atoms with Crippen LogP contribution in [0.3, 0.4) is 0 Å². The third kappa shape index (κ3) is 4.11. The van der Waals surface area contributed by atoms with E-state index < -0.39 is 0 Å². The molecular weight excluding hydrogens is 438 g/mol. The minimum atomic E-state index is -0.344. The van der Waals surface area contributed by atoms with E-state index in [1.54, 1.807) is 43.5 Å². The van der Waals surface area contributed by atoms with E-state index in [-0.39, 0.29) is 5.97 Å². The molecule has 3 aromatic heterocycles. The molecule has 3 heterocycles. The largest absolute Gasteiger partial charge is 0.462 e. The van der Waals surface area contributed by atoms with Crippen molar-refractivity contribution < 1.29 is 14.3 Å². The van der Waals surface area contributed by atoms with Crippen molar-refractivity contribution in [3.63, 3.8) is 0 Å². The van der Waals surface area contributed by atoms with Crippen LogP contribution in [-0.4, -0.2) is 36.3 Å². The fourth-order valence-corrected chi connectivity index (χ4v) is 5.80. The Morgan fingerprint density at radius 3 is 2.90 bits per heavy atom. The van der Waals surface area contributed by atoms with Crippen LogP contribution in [0.15, 0.2) is 52.2 Å². The molecule has 0 fully saturated rings. The first-order chi connectivity index (χ1) is 14.6. The normalized spacial score (nSPS) is 11.2. The quantitative estimate of drug-likeness (QED) is 0.247. The summed E-state index contributed by atoms with van der Waals surface area (Å²) in [7, 11) is 3.74. The van der Waals surface area contributed by atoms with Crippen molar-refractivity contribution in [1.82, 2.24) is 9.55 Å². The SMILES string of the molecule is CCOC(=O)c1cnc(-c2cc3cccc(N(C)Sc4cccs4)c3n2COC)s1. The van der Waals surface area contributed by atoms with E-state index >= 15 is 0 Å². The van der Waals surface area contributed by atoms with Crippen LogP contribution in [0, 0.1) is 0 Å². The number of anilines is 1. The predicted molar refractivity (Wildman–Crippen MR) is 125 cm³/mol. The van der Waals surface area contributed by atoms with E-state index in [0.717, 1.165) is 27.3 Å². The van der Waals surface area contributed by atoms with Gasteiger partial charge in [0.1, 0.15) is 16.6 Å². The Morgan fingerprint density at radius 2 is 2.17 bits per heavy atom. The zero-order valence-electron chi connectivity index (χ0n) is 16.8. The Morgan fingerprint density at radius 1 is 1.30 bits per heavy atom. The average molecular weight is 460 g/mol. The third-order valence-electron chi connectivity index (χ3n) is 4.42. The molecule has 0 saturated heterocycles. The molecule has 9 heteroatoms. The number of methoxy groups -OCH3 is 1. The van der Waals surface area contributed by atoms with Gasteiger partial charge in [-0.1, -0.05) is 18.2 Å². The van der Waals surface area contributed by atoms with Gasteiger partial charge in [-0.05, 0) is 42.5 Å². The molecule has 0 radical (unpaired) electrons. The number of hydrogen-bond acceptors (Lipinski definition) is 8. The second-order valence-corrected chi connectivity index (χ2v) is 9.77. The molecule has 0 aliphatic carbocycles. The Bertz CT molecular complexity index is 1150. The summed E-state index contributed by atoms with van der Waals surface area (Å²) in [4.78, 5) is 17.1. The maximum Gasteiger partial charge on any atom is 0.349 e. The molecule has 0 spiro atoms. The minimum absolute atomic E-state index is 0.341. The molecule has 0 atom stereocenters. The Balaban J connectivity index is 1.78. The van der Waals surface area contributed by atoms with Crippen molar-refractivity contribution in [2.45, 2.75) is 17.9 Å². The summed E-state index contributed by atoms with van der Waals surface area (Å²) in [5.74, 6) is -0.344. The van der Waals surface area contributed by atoms with Crippen LogP contribution in [0.25, 0.3) is 21.6 Å². The van der Waals surface area contributed by atoms with Gasteiger partial charge in [-0.25, -0.2) is 9.78 Å². The fraction of sp³-hybridized carbons (Fsp3) is 0.238. The molecule has 4 aromatic rings. The molecular formula is C21H21N3O3S3. The van der Waals surface area contributed by atoms with Gasteiger partial charge in [-0.15, -0.1) is 22.7 Å². The summed E-state index contributed by atoms with van der Waals surface area (Å²) in [6.07, 6.45) is 1.58. The molecule has 0 unspecified atom stereocenters. The highest BCUT2D eigenvalue weighted by Gasteiger charge is 2.20. The van der Waals surface area contributed by atoms with Crippen molar-refractivity contribution in [3.8, 4) is 10.7 Å². The topological polar surface area (TPSA) is 56.6 Å². The monoisotopic (exact) mass is 459 g/mol. The zero-order valence-corrected chi connectivity index (χ0v) is 19.3. The lowest BCUT2D eigenvalue weighted by atomic mass is 10.2. The Kier molecular flexibility index (Phi) is 6.43. The summed E-state index contributed by atoms with van der Waals surface area (Å²) in [6, 6.07) is 12.5. The molecule has 0 aliphatic rings. The number of carbonyl (C=O) groups is 1. The van der Waals surface area contributed by atoms with Gasteiger partial charge in [-0.3, -0.25) is 0 Å². The average Bonchev–Trinajstić information content (AvgIpc) is 3.48. The van der Waals surface area contributed by atoms with E-state index in [0.29, 0.717) is 18.2 Å². The summed E-state index contributed by atoms with van der Waals surface area (Å²) >= 11 is 4.73. The maximum atomic E-state index is 12.1. The predicted octanol–water partition coefficient (Wildman–Crippen LogP) is 5.75. The number of carbonyl (C=O) groups excluding carboxylic acids is 1. The van der Waals surface area contributed by atoms with Gasteiger partial charge >= 0.3 is 5.97 Å². The van der Waals surface area contributed by atoms with Gasteiger partial charge < -0.3 is 18.3 Å². The maximum absolute atomic E-state index is 12.1. The highest BCUT2D eigenvalue weighted by molar-refractivity contribution is 8.02. The molecule has 0 saturated carbocycles. The molecule has 30 heavy (non-hydrogen) atoms. The summed E-state index contributed by atoms with van der Waals surface area (Å²) < 4.78 is 16.1. The van der Waals surface area contributed by atoms with E-state index in [1.807, 2.05) is 0 Å². The molecule has 0 bridgehead atoms.